The summed E-state index contributed by atoms with van der Waals surface area (Å²) >= 11 is 0. The minimum absolute atomic E-state index is 0.0925. The molecule has 1 aliphatic rings. The van der Waals surface area contributed by atoms with Crippen molar-refractivity contribution in [2.75, 3.05) is 6.61 Å². The first-order chi connectivity index (χ1) is 10.6. The lowest BCUT2D eigenvalue weighted by atomic mass is 9.87. The van der Waals surface area contributed by atoms with E-state index >= 15 is 0 Å². The second-order valence-electron chi connectivity index (χ2n) is 7.35. The highest BCUT2D eigenvalue weighted by atomic mass is 16.5. The number of ether oxygens (including phenoxy) is 1. The molecule has 0 heterocycles. The predicted octanol–water partition coefficient (Wildman–Crippen LogP) is 2.73. The number of carbonyl (C=O) groups is 2. The van der Waals surface area contributed by atoms with Gasteiger partial charge in [0, 0.05) is 0 Å². The molecule has 1 saturated carbocycles. The topological polar surface area (TPSA) is 75.6 Å². The van der Waals surface area contributed by atoms with Crippen LogP contribution in [0.15, 0.2) is 24.3 Å². The zero-order valence-electron chi connectivity index (χ0n) is 14.2. The first-order valence-electron chi connectivity index (χ1n) is 7.93. The first kappa shape index (κ1) is 17.3. The van der Waals surface area contributed by atoms with Gasteiger partial charge in [-0.25, -0.2) is 0 Å². The number of amides is 1. The van der Waals surface area contributed by atoms with E-state index < -0.39 is 17.3 Å². The molecule has 5 nitrogen and oxygen atoms in total. The van der Waals surface area contributed by atoms with Crippen LogP contribution in [0, 0.1) is 5.41 Å². The van der Waals surface area contributed by atoms with Crippen molar-refractivity contribution in [1.82, 2.24) is 5.32 Å². The van der Waals surface area contributed by atoms with Crippen LogP contribution in [-0.2, 0) is 15.0 Å². The highest BCUT2D eigenvalue weighted by molar-refractivity contribution is 6.04. The van der Waals surface area contributed by atoms with E-state index in [9.17, 15) is 9.59 Å². The number of aliphatic carboxylic acids is 1. The quantitative estimate of drug-likeness (QED) is 0.791. The third-order valence-corrected chi connectivity index (χ3v) is 4.19. The molecule has 2 rings (SSSR count). The number of carbonyl (C=O) groups excluding carboxylic acids is 1. The minimum Gasteiger partial charge on any atom is -0.491 e. The van der Waals surface area contributed by atoms with Crippen molar-refractivity contribution < 1.29 is 19.4 Å². The van der Waals surface area contributed by atoms with E-state index in [1.807, 2.05) is 24.3 Å². The Balaban J connectivity index is 1.84. The number of nitrogens with one attached hydrogen (secondary N) is 1. The van der Waals surface area contributed by atoms with Crippen LogP contribution in [0.5, 0.6) is 5.75 Å². The van der Waals surface area contributed by atoms with Crippen molar-refractivity contribution in [1.29, 1.82) is 0 Å². The SMILES string of the molecule is CC(COc1ccc(C(C)(C)C)cc1)NC(=O)C1(C(=O)O)CC1. The number of benzene rings is 1. The van der Waals surface area contributed by atoms with E-state index in [1.54, 1.807) is 6.92 Å². The maximum absolute atomic E-state index is 12.0. The standard InChI is InChI=1S/C18H25NO4/c1-12(19-15(20)18(9-10-18)16(21)22)11-23-14-7-5-13(6-8-14)17(2,3)4/h5-8,12H,9-11H2,1-4H3,(H,19,20)(H,21,22). The fraction of sp³-hybridized carbons (Fsp3) is 0.556. The van der Waals surface area contributed by atoms with Crippen molar-refractivity contribution in [3.63, 3.8) is 0 Å². The Kier molecular flexibility index (Phi) is 4.68. The van der Waals surface area contributed by atoms with Gasteiger partial charge in [0.25, 0.3) is 0 Å². The molecule has 1 aromatic carbocycles. The van der Waals surface area contributed by atoms with Crippen LogP contribution >= 0.6 is 0 Å². The van der Waals surface area contributed by atoms with Gasteiger partial charge in [0.15, 0.2) is 0 Å². The average molecular weight is 319 g/mol. The molecule has 1 unspecified atom stereocenters. The maximum atomic E-state index is 12.0. The van der Waals surface area contributed by atoms with Gasteiger partial charge < -0.3 is 15.2 Å². The molecule has 0 spiro atoms. The number of carboxylic acids is 1. The second-order valence-corrected chi connectivity index (χ2v) is 7.35. The molecular formula is C18H25NO4. The van der Waals surface area contributed by atoms with Gasteiger partial charge in [-0.05, 0) is 42.9 Å². The average Bonchev–Trinajstić information content (AvgIpc) is 3.26. The van der Waals surface area contributed by atoms with Crippen LogP contribution in [0.25, 0.3) is 0 Å². The summed E-state index contributed by atoms with van der Waals surface area (Å²) in [5.74, 6) is -0.719. The summed E-state index contributed by atoms with van der Waals surface area (Å²) in [6, 6.07) is 7.63. The Morgan fingerprint density at radius 3 is 2.26 bits per heavy atom. The fourth-order valence-electron chi connectivity index (χ4n) is 2.34. The summed E-state index contributed by atoms with van der Waals surface area (Å²) in [5, 5.41) is 11.8. The Morgan fingerprint density at radius 1 is 1.26 bits per heavy atom. The largest absolute Gasteiger partial charge is 0.491 e. The van der Waals surface area contributed by atoms with Gasteiger partial charge >= 0.3 is 5.97 Å². The van der Waals surface area contributed by atoms with Crippen LogP contribution in [0.2, 0.25) is 0 Å². The fourth-order valence-corrected chi connectivity index (χ4v) is 2.34. The molecule has 0 aromatic heterocycles. The van der Waals surface area contributed by atoms with Crippen LogP contribution in [0.3, 0.4) is 0 Å². The van der Waals surface area contributed by atoms with Gasteiger partial charge in [-0.3, -0.25) is 9.59 Å². The molecule has 0 bridgehead atoms. The third kappa shape index (κ3) is 4.03. The lowest BCUT2D eigenvalue weighted by Gasteiger charge is -2.20. The summed E-state index contributed by atoms with van der Waals surface area (Å²) in [5.41, 5.74) is 0.112. The molecule has 0 aliphatic heterocycles. The summed E-state index contributed by atoms with van der Waals surface area (Å²) in [6.45, 7) is 8.56. The Bertz CT molecular complexity index is 582. The van der Waals surface area contributed by atoms with Crippen LogP contribution in [0.1, 0.15) is 46.1 Å². The molecular weight excluding hydrogens is 294 g/mol. The molecule has 0 saturated heterocycles. The van der Waals surface area contributed by atoms with Gasteiger partial charge in [0.1, 0.15) is 17.8 Å². The first-order valence-corrected chi connectivity index (χ1v) is 7.93. The highest BCUT2D eigenvalue weighted by Crippen LogP contribution is 2.46. The molecule has 2 N–H and O–H groups in total. The van der Waals surface area contributed by atoms with E-state index in [0.29, 0.717) is 19.4 Å². The third-order valence-electron chi connectivity index (χ3n) is 4.19. The smallest absolute Gasteiger partial charge is 0.319 e. The highest BCUT2D eigenvalue weighted by Gasteiger charge is 2.57. The van der Waals surface area contributed by atoms with Crippen molar-refractivity contribution in [2.45, 2.75) is 52.0 Å². The number of hydrogen-bond acceptors (Lipinski definition) is 3. The lowest BCUT2D eigenvalue weighted by molar-refractivity contribution is -0.149. The Hall–Kier alpha value is -2.04. The van der Waals surface area contributed by atoms with E-state index in [-0.39, 0.29) is 11.5 Å². The van der Waals surface area contributed by atoms with Gasteiger partial charge in [-0.1, -0.05) is 32.9 Å². The van der Waals surface area contributed by atoms with Crippen LogP contribution < -0.4 is 10.1 Å². The summed E-state index contributed by atoms with van der Waals surface area (Å²) in [6.07, 6.45) is 0.825. The molecule has 0 radical (unpaired) electrons. The summed E-state index contributed by atoms with van der Waals surface area (Å²) < 4.78 is 5.67. The molecule has 1 amide bonds. The van der Waals surface area contributed by atoms with Crippen LogP contribution in [0.4, 0.5) is 0 Å². The maximum Gasteiger partial charge on any atom is 0.319 e. The molecule has 23 heavy (non-hydrogen) atoms. The van der Waals surface area contributed by atoms with Gasteiger partial charge in [0.2, 0.25) is 5.91 Å². The molecule has 5 heteroatoms. The van der Waals surface area contributed by atoms with Crippen LogP contribution in [-0.4, -0.2) is 29.6 Å². The Morgan fingerprint density at radius 2 is 1.83 bits per heavy atom. The van der Waals surface area contributed by atoms with E-state index in [0.717, 1.165) is 5.75 Å². The monoisotopic (exact) mass is 319 g/mol. The zero-order valence-corrected chi connectivity index (χ0v) is 14.2. The molecule has 1 atom stereocenters. The van der Waals surface area contributed by atoms with Crippen molar-refractivity contribution >= 4 is 11.9 Å². The molecule has 1 aliphatic carbocycles. The number of hydrogen-bond donors (Lipinski definition) is 2. The van der Waals surface area contributed by atoms with E-state index in [2.05, 4.69) is 26.1 Å². The molecule has 126 valence electrons. The lowest BCUT2D eigenvalue weighted by Crippen LogP contribution is -2.43. The van der Waals surface area contributed by atoms with Crippen molar-refractivity contribution in [2.24, 2.45) is 5.41 Å². The summed E-state index contributed by atoms with van der Waals surface area (Å²) in [4.78, 5) is 23.1. The second kappa shape index (κ2) is 6.22. The molecule has 1 aromatic rings. The molecule has 1 fully saturated rings. The Labute approximate surface area is 137 Å². The predicted molar refractivity (Wildman–Crippen MR) is 87.5 cm³/mol. The number of rotatable bonds is 6. The summed E-state index contributed by atoms with van der Waals surface area (Å²) in [7, 11) is 0. The van der Waals surface area contributed by atoms with Gasteiger partial charge in [-0.15, -0.1) is 0 Å². The van der Waals surface area contributed by atoms with Crippen molar-refractivity contribution in [3.05, 3.63) is 29.8 Å². The minimum atomic E-state index is -1.21. The van der Waals surface area contributed by atoms with E-state index in [4.69, 9.17) is 9.84 Å². The van der Waals surface area contributed by atoms with Crippen molar-refractivity contribution in [3.8, 4) is 5.75 Å². The zero-order chi connectivity index (χ0) is 17.3. The van der Waals surface area contributed by atoms with Gasteiger partial charge in [-0.2, -0.15) is 0 Å². The van der Waals surface area contributed by atoms with E-state index in [1.165, 1.54) is 5.56 Å². The van der Waals surface area contributed by atoms with Gasteiger partial charge in [0.05, 0.1) is 6.04 Å². The normalized spacial score (nSPS) is 17.2. The number of carboxylic acid groups (broad SMARTS) is 1.